The van der Waals surface area contributed by atoms with Gasteiger partial charge in [-0.2, -0.15) is 0 Å². The number of rotatable bonds is 9. The zero-order valence-electron chi connectivity index (χ0n) is 10.8. The summed E-state index contributed by atoms with van der Waals surface area (Å²) in [5.41, 5.74) is 4.82. The smallest absolute Gasteiger partial charge is 0.224 e. The fraction of sp³-hybridized carbons (Fsp3) is 0.909. The first-order chi connectivity index (χ1) is 7.44. The van der Waals surface area contributed by atoms with Crippen molar-refractivity contribution in [3.8, 4) is 0 Å². The molecule has 0 heterocycles. The summed E-state index contributed by atoms with van der Waals surface area (Å²) < 4.78 is 10.1. The zero-order valence-corrected chi connectivity index (χ0v) is 10.8. The molecule has 0 saturated heterocycles. The molecular weight excluding hydrogens is 208 g/mol. The quantitative estimate of drug-likeness (QED) is 0.612. The first kappa shape index (κ1) is 15.3. The van der Waals surface area contributed by atoms with Gasteiger partial charge in [0.2, 0.25) is 5.91 Å². The molecule has 0 atom stereocenters. The van der Waals surface area contributed by atoms with Crippen molar-refractivity contribution in [2.45, 2.75) is 13.8 Å². The van der Waals surface area contributed by atoms with Crippen LogP contribution < -0.4 is 5.73 Å². The number of hydrogen-bond donors (Lipinski definition) is 1. The van der Waals surface area contributed by atoms with Crippen LogP contribution in [0, 0.1) is 5.41 Å². The minimum Gasteiger partial charge on any atom is -0.383 e. The fourth-order valence-corrected chi connectivity index (χ4v) is 1.35. The lowest BCUT2D eigenvalue weighted by atomic mass is 9.92. The average Bonchev–Trinajstić information content (AvgIpc) is 2.21. The first-order valence-electron chi connectivity index (χ1n) is 5.44. The summed E-state index contributed by atoms with van der Waals surface area (Å²) in [5, 5.41) is 0. The number of nitrogens with zero attached hydrogens (tertiary/aromatic N) is 1. The van der Waals surface area contributed by atoms with Gasteiger partial charge in [0.25, 0.3) is 0 Å². The molecule has 1 amide bonds. The summed E-state index contributed by atoms with van der Waals surface area (Å²) in [6.45, 7) is 7.14. The normalized spacial score (nSPS) is 12.1. The topological polar surface area (TPSA) is 64.8 Å². The Balaban J connectivity index is 4.22. The number of ether oxygens (including phenoxy) is 2. The molecule has 0 aliphatic carbocycles. The monoisotopic (exact) mass is 232 g/mol. The average molecular weight is 232 g/mol. The van der Waals surface area contributed by atoms with Crippen LogP contribution in [0.15, 0.2) is 0 Å². The van der Waals surface area contributed by atoms with E-state index in [0.29, 0.717) is 19.8 Å². The second kappa shape index (κ2) is 7.60. The van der Waals surface area contributed by atoms with Crippen LogP contribution in [0.5, 0.6) is 0 Å². The second-order valence-electron chi connectivity index (χ2n) is 4.51. The van der Waals surface area contributed by atoms with Crippen LogP contribution in [-0.2, 0) is 14.3 Å². The summed E-state index contributed by atoms with van der Waals surface area (Å²) in [7, 11) is 3.32. The molecule has 16 heavy (non-hydrogen) atoms. The van der Waals surface area contributed by atoms with E-state index in [4.69, 9.17) is 15.2 Å². The van der Waals surface area contributed by atoms with Gasteiger partial charge in [-0.25, -0.2) is 0 Å². The van der Waals surface area contributed by atoms with Crippen molar-refractivity contribution in [1.29, 1.82) is 0 Å². The molecule has 0 aliphatic heterocycles. The van der Waals surface area contributed by atoms with Crippen molar-refractivity contribution in [3.63, 3.8) is 0 Å². The predicted octanol–water partition coefficient (Wildman–Crippen LogP) is 0.0927. The highest BCUT2D eigenvalue weighted by molar-refractivity contribution is 5.80. The van der Waals surface area contributed by atoms with Gasteiger partial charge >= 0.3 is 0 Å². The van der Waals surface area contributed by atoms with Crippen molar-refractivity contribution in [3.05, 3.63) is 0 Å². The Kier molecular flexibility index (Phi) is 7.29. The summed E-state index contributed by atoms with van der Waals surface area (Å²) in [4.78, 5) is 13.4. The van der Waals surface area contributed by atoms with Crippen molar-refractivity contribution in [1.82, 2.24) is 4.90 Å². The summed E-state index contributed by atoms with van der Waals surface area (Å²) >= 11 is 0. The molecule has 0 aromatic rings. The molecule has 0 spiro atoms. The van der Waals surface area contributed by atoms with Gasteiger partial charge in [0.1, 0.15) is 0 Å². The Morgan fingerprint density at radius 2 is 1.62 bits per heavy atom. The fourth-order valence-electron chi connectivity index (χ4n) is 1.35. The van der Waals surface area contributed by atoms with E-state index in [-0.39, 0.29) is 5.91 Å². The molecule has 0 aliphatic rings. The maximum absolute atomic E-state index is 11.2. The van der Waals surface area contributed by atoms with E-state index in [0.717, 1.165) is 13.1 Å². The van der Waals surface area contributed by atoms with Gasteiger partial charge < -0.3 is 15.2 Å². The highest BCUT2D eigenvalue weighted by atomic mass is 16.5. The number of methoxy groups -OCH3 is 2. The van der Waals surface area contributed by atoms with Gasteiger partial charge in [0.15, 0.2) is 0 Å². The predicted molar refractivity (Wildman–Crippen MR) is 63.2 cm³/mol. The maximum Gasteiger partial charge on any atom is 0.224 e. The third-order valence-corrected chi connectivity index (χ3v) is 2.51. The molecule has 96 valence electrons. The SMILES string of the molecule is COCCN(CCOC)CC(C)(C)C(N)=O. The Hall–Kier alpha value is -0.650. The van der Waals surface area contributed by atoms with E-state index in [2.05, 4.69) is 4.90 Å². The molecular formula is C11H24N2O3. The van der Waals surface area contributed by atoms with Crippen LogP contribution in [0.4, 0.5) is 0 Å². The molecule has 0 fully saturated rings. The highest BCUT2D eigenvalue weighted by Crippen LogP contribution is 2.15. The Morgan fingerprint density at radius 3 is 1.94 bits per heavy atom. The van der Waals surface area contributed by atoms with Crippen LogP contribution in [-0.4, -0.2) is 57.9 Å². The summed E-state index contributed by atoms with van der Waals surface area (Å²) in [6.07, 6.45) is 0. The standard InChI is InChI=1S/C11H24N2O3/c1-11(2,10(12)14)9-13(5-7-15-3)6-8-16-4/h5-9H2,1-4H3,(H2,12,14). The second-order valence-corrected chi connectivity index (χ2v) is 4.51. The van der Waals surface area contributed by atoms with Gasteiger partial charge in [0.05, 0.1) is 18.6 Å². The van der Waals surface area contributed by atoms with E-state index in [9.17, 15) is 4.79 Å². The lowest BCUT2D eigenvalue weighted by molar-refractivity contribution is -0.127. The number of hydrogen-bond acceptors (Lipinski definition) is 4. The molecule has 0 saturated carbocycles. The van der Waals surface area contributed by atoms with Crippen LogP contribution in [0.25, 0.3) is 0 Å². The van der Waals surface area contributed by atoms with E-state index >= 15 is 0 Å². The Morgan fingerprint density at radius 1 is 1.19 bits per heavy atom. The van der Waals surface area contributed by atoms with Gasteiger partial charge in [-0.3, -0.25) is 9.69 Å². The van der Waals surface area contributed by atoms with Crippen LogP contribution in [0.2, 0.25) is 0 Å². The molecule has 0 radical (unpaired) electrons. The molecule has 2 N–H and O–H groups in total. The minimum absolute atomic E-state index is 0.285. The number of amides is 1. The molecule has 0 aromatic carbocycles. The Labute approximate surface area is 97.9 Å². The molecule has 0 rings (SSSR count). The highest BCUT2D eigenvalue weighted by Gasteiger charge is 2.27. The van der Waals surface area contributed by atoms with E-state index in [1.165, 1.54) is 0 Å². The third kappa shape index (κ3) is 6.05. The first-order valence-corrected chi connectivity index (χ1v) is 5.44. The van der Waals surface area contributed by atoms with E-state index in [1.54, 1.807) is 14.2 Å². The molecule has 0 aromatic heterocycles. The van der Waals surface area contributed by atoms with Gasteiger partial charge in [-0.15, -0.1) is 0 Å². The largest absolute Gasteiger partial charge is 0.383 e. The number of carbonyl (C=O) groups excluding carboxylic acids is 1. The molecule has 5 heteroatoms. The lowest BCUT2D eigenvalue weighted by Crippen LogP contribution is -2.44. The van der Waals surface area contributed by atoms with Gasteiger partial charge in [-0.1, -0.05) is 0 Å². The van der Waals surface area contributed by atoms with Crippen molar-refractivity contribution >= 4 is 5.91 Å². The molecule has 5 nitrogen and oxygen atoms in total. The molecule has 0 unspecified atom stereocenters. The number of primary amides is 1. The third-order valence-electron chi connectivity index (χ3n) is 2.51. The Bertz CT molecular complexity index is 199. The van der Waals surface area contributed by atoms with Crippen molar-refractivity contribution in [2.75, 3.05) is 47.1 Å². The van der Waals surface area contributed by atoms with E-state index < -0.39 is 5.41 Å². The maximum atomic E-state index is 11.2. The number of nitrogens with two attached hydrogens (primary N) is 1. The van der Waals surface area contributed by atoms with Crippen LogP contribution in [0.1, 0.15) is 13.8 Å². The van der Waals surface area contributed by atoms with E-state index in [1.807, 2.05) is 13.8 Å². The van der Waals surface area contributed by atoms with Crippen LogP contribution in [0.3, 0.4) is 0 Å². The van der Waals surface area contributed by atoms with Gasteiger partial charge in [0, 0.05) is 33.9 Å². The van der Waals surface area contributed by atoms with Crippen molar-refractivity contribution in [2.24, 2.45) is 11.1 Å². The zero-order chi connectivity index (χ0) is 12.6. The summed E-state index contributed by atoms with van der Waals surface area (Å²) in [6, 6.07) is 0. The van der Waals surface area contributed by atoms with Crippen molar-refractivity contribution < 1.29 is 14.3 Å². The molecule has 0 bridgehead atoms. The lowest BCUT2D eigenvalue weighted by Gasteiger charge is -2.30. The van der Waals surface area contributed by atoms with Gasteiger partial charge in [-0.05, 0) is 13.8 Å². The minimum atomic E-state index is -0.526. The van der Waals surface area contributed by atoms with Crippen LogP contribution >= 0.6 is 0 Å². The number of carbonyl (C=O) groups is 1. The summed E-state index contributed by atoms with van der Waals surface area (Å²) in [5.74, 6) is -0.285.